The van der Waals surface area contributed by atoms with Gasteiger partial charge in [-0.15, -0.1) is 0 Å². The minimum Gasteiger partial charge on any atom is -0.439 e. The van der Waals surface area contributed by atoms with Gasteiger partial charge in [0, 0.05) is 24.7 Å². The number of piperidine rings is 1. The number of oxazole rings is 1. The summed E-state index contributed by atoms with van der Waals surface area (Å²) in [5.74, 6) is 0.930. The van der Waals surface area contributed by atoms with Crippen molar-refractivity contribution in [2.24, 2.45) is 0 Å². The fourth-order valence-electron chi connectivity index (χ4n) is 3.26. The van der Waals surface area contributed by atoms with Crippen molar-refractivity contribution in [1.29, 1.82) is 0 Å². The van der Waals surface area contributed by atoms with E-state index in [9.17, 15) is 4.39 Å². The number of anilines is 1. The van der Waals surface area contributed by atoms with E-state index in [1.54, 1.807) is 12.3 Å². The molecule has 1 fully saturated rings. The summed E-state index contributed by atoms with van der Waals surface area (Å²) in [7, 11) is 0. The maximum absolute atomic E-state index is 13.3. The van der Waals surface area contributed by atoms with Gasteiger partial charge in [-0.2, -0.15) is 0 Å². The second-order valence-corrected chi connectivity index (χ2v) is 6.13. The third-order valence-electron chi connectivity index (χ3n) is 4.37. The summed E-state index contributed by atoms with van der Waals surface area (Å²) in [5.41, 5.74) is 7.84. The van der Waals surface area contributed by atoms with Crippen molar-refractivity contribution in [1.82, 2.24) is 19.9 Å². The van der Waals surface area contributed by atoms with Gasteiger partial charge in [-0.25, -0.2) is 19.3 Å². The molecule has 6 nitrogen and oxygen atoms in total. The van der Waals surface area contributed by atoms with Crippen LogP contribution in [-0.4, -0.2) is 32.9 Å². The predicted molar refractivity (Wildman–Crippen MR) is 87.7 cm³/mol. The van der Waals surface area contributed by atoms with Crippen molar-refractivity contribution in [3.05, 3.63) is 47.9 Å². The molecule has 1 aliphatic heterocycles. The molecule has 1 atom stereocenters. The van der Waals surface area contributed by atoms with Gasteiger partial charge >= 0.3 is 0 Å². The molecule has 3 heterocycles. The Hall–Kier alpha value is -2.54. The number of rotatable bonds is 3. The zero-order chi connectivity index (χ0) is 16.5. The van der Waals surface area contributed by atoms with E-state index in [1.807, 2.05) is 6.07 Å². The fourth-order valence-corrected chi connectivity index (χ4v) is 3.26. The number of nitrogens with two attached hydrogens (primary N) is 1. The van der Waals surface area contributed by atoms with Crippen molar-refractivity contribution in [2.75, 3.05) is 18.8 Å². The Morgan fingerprint density at radius 3 is 3.08 bits per heavy atom. The van der Waals surface area contributed by atoms with Crippen molar-refractivity contribution in [3.63, 3.8) is 0 Å². The average Bonchev–Trinajstić information content (AvgIpc) is 2.96. The van der Waals surface area contributed by atoms with Crippen LogP contribution in [0, 0.1) is 5.82 Å². The van der Waals surface area contributed by atoms with Crippen LogP contribution in [0.25, 0.3) is 11.1 Å². The van der Waals surface area contributed by atoms with Gasteiger partial charge < -0.3 is 10.2 Å². The van der Waals surface area contributed by atoms with E-state index in [-0.39, 0.29) is 5.82 Å². The molecular weight excluding hydrogens is 309 g/mol. The molecule has 1 saturated heterocycles. The zero-order valence-corrected chi connectivity index (χ0v) is 13.2. The highest BCUT2D eigenvalue weighted by molar-refractivity contribution is 5.72. The molecule has 0 saturated carbocycles. The monoisotopic (exact) mass is 327 g/mol. The normalized spacial score (nSPS) is 19.0. The van der Waals surface area contributed by atoms with Crippen molar-refractivity contribution in [3.8, 4) is 0 Å². The molecule has 0 amide bonds. The highest BCUT2D eigenvalue weighted by Gasteiger charge is 2.24. The molecule has 1 aliphatic rings. The Kier molecular flexibility index (Phi) is 3.86. The number of aromatic nitrogens is 3. The van der Waals surface area contributed by atoms with E-state index in [0.29, 0.717) is 35.4 Å². The van der Waals surface area contributed by atoms with Gasteiger partial charge in [-0.05, 0) is 37.6 Å². The number of nitrogen functional groups attached to an aromatic ring is 1. The number of likely N-dealkylation sites (tertiary alicyclic amines) is 1. The molecule has 124 valence electrons. The quantitative estimate of drug-likeness (QED) is 0.796. The van der Waals surface area contributed by atoms with Gasteiger partial charge in [-0.1, -0.05) is 0 Å². The lowest BCUT2D eigenvalue weighted by Crippen LogP contribution is -2.34. The minimum absolute atomic E-state index is 0.311. The number of nitrogens with zero attached hydrogens (tertiary/aromatic N) is 4. The Labute approximate surface area is 138 Å². The first kappa shape index (κ1) is 15.0. The summed E-state index contributed by atoms with van der Waals surface area (Å²) in [6.45, 7) is 2.45. The third-order valence-corrected chi connectivity index (χ3v) is 4.37. The summed E-state index contributed by atoms with van der Waals surface area (Å²) < 4.78 is 18.9. The molecule has 0 aliphatic carbocycles. The molecule has 2 N–H and O–H groups in total. The first-order valence-corrected chi connectivity index (χ1v) is 8.03. The summed E-state index contributed by atoms with van der Waals surface area (Å²) in [6.07, 6.45) is 3.85. The van der Waals surface area contributed by atoms with E-state index in [4.69, 9.17) is 10.2 Å². The van der Waals surface area contributed by atoms with Gasteiger partial charge in [0.1, 0.15) is 11.3 Å². The topological polar surface area (TPSA) is 81.1 Å². The number of fused-ring (bicyclic) bond motifs is 1. The van der Waals surface area contributed by atoms with Crippen LogP contribution < -0.4 is 5.73 Å². The Balaban J connectivity index is 1.49. The van der Waals surface area contributed by atoms with Crippen LogP contribution in [0.5, 0.6) is 0 Å². The zero-order valence-electron chi connectivity index (χ0n) is 13.2. The largest absolute Gasteiger partial charge is 0.439 e. The van der Waals surface area contributed by atoms with E-state index >= 15 is 0 Å². The Morgan fingerprint density at radius 2 is 2.21 bits per heavy atom. The van der Waals surface area contributed by atoms with E-state index in [2.05, 4.69) is 19.9 Å². The van der Waals surface area contributed by atoms with Crippen LogP contribution in [0.1, 0.15) is 30.3 Å². The Morgan fingerprint density at radius 1 is 1.29 bits per heavy atom. The molecule has 0 spiro atoms. The number of hydrogen-bond donors (Lipinski definition) is 1. The van der Waals surface area contributed by atoms with Gasteiger partial charge in [0.2, 0.25) is 11.8 Å². The molecular formula is C17H18FN5O. The van der Waals surface area contributed by atoms with Gasteiger partial charge in [0.15, 0.2) is 5.58 Å². The summed E-state index contributed by atoms with van der Waals surface area (Å²) in [6, 6.07) is 6.33. The second kappa shape index (κ2) is 6.16. The predicted octanol–water partition coefficient (Wildman–Crippen LogP) is 2.72. The summed E-state index contributed by atoms with van der Waals surface area (Å²) >= 11 is 0. The molecule has 7 heteroatoms. The highest BCUT2D eigenvalue weighted by atomic mass is 19.1. The molecule has 1 aromatic carbocycles. The van der Waals surface area contributed by atoms with Crippen molar-refractivity contribution >= 4 is 17.0 Å². The first-order valence-electron chi connectivity index (χ1n) is 8.03. The second-order valence-electron chi connectivity index (χ2n) is 6.13. The van der Waals surface area contributed by atoms with Crippen molar-refractivity contribution < 1.29 is 8.81 Å². The molecule has 0 bridgehead atoms. The van der Waals surface area contributed by atoms with E-state index < -0.39 is 0 Å². The van der Waals surface area contributed by atoms with Crippen LogP contribution in [0.15, 0.2) is 34.9 Å². The lowest BCUT2D eigenvalue weighted by molar-refractivity contribution is 0.183. The minimum atomic E-state index is -0.315. The SMILES string of the molecule is Nc1nccc(C2CCCN(Cc3nc4ccc(F)cc4o3)C2)n1. The Bertz CT molecular complexity index is 865. The average molecular weight is 327 g/mol. The third kappa shape index (κ3) is 3.07. The standard InChI is InChI=1S/C17H18FN5O/c18-12-3-4-14-15(8-12)24-16(21-14)10-23-7-1-2-11(9-23)13-5-6-20-17(19)22-13/h3-6,8,11H,1-2,7,9-10H2,(H2,19,20,22). The maximum atomic E-state index is 13.3. The highest BCUT2D eigenvalue weighted by Crippen LogP contribution is 2.27. The molecule has 2 aromatic heterocycles. The van der Waals surface area contributed by atoms with Gasteiger partial charge in [0.05, 0.1) is 12.2 Å². The molecule has 0 radical (unpaired) electrons. The molecule has 1 unspecified atom stereocenters. The van der Waals surface area contributed by atoms with Crippen molar-refractivity contribution in [2.45, 2.75) is 25.3 Å². The first-order chi connectivity index (χ1) is 11.7. The van der Waals surface area contributed by atoms with E-state index in [0.717, 1.165) is 31.6 Å². The van der Waals surface area contributed by atoms with E-state index in [1.165, 1.54) is 12.1 Å². The van der Waals surface area contributed by atoms with Crippen LogP contribution >= 0.6 is 0 Å². The number of halogens is 1. The van der Waals surface area contributed by atoms with Gasteiger partial charge in [-0.3, -0.25) is 4.90 Å². The molecule has 4 rings (SSSR count). The van der Waals surface area contributed by atoms with Crippen LogP contribution in [0.4, 0.5) is 10.3 Å². The lowest BCUT2D eigenvalue weighted by atomic mass is 9.94. The number of hydrogen-bond acceptors (Lipinski definition) is 6. The van der Waals surface area contributed by atoms with Crippen LogP contribution in [-0.2, 0) is 6.54 Å². The summed E-state index contributed by atoms with van der Waals surface area (Å²) in [5, 5.41) is 0. The molecule has 24 heavy (non-hydrogen) atoms. The molecule has 3 aromatic rings. The van der Waals surface area contributed by atoms with Crippen LogP contribution in [0.2, 0.25) is 0 Å². The lowest BCUT2D eigenvalue weighted by Gasteiger charge is -2.31. The smallest absolute Gasteiger partial charge is 0.220 e. The maximum Gasteiger partial charge on any atom is 0.220 e. The summed E-state index contributed by atoms with van der Waals surface area (Å²) in [4.78, 5) is 15.0. The van der Waals surface area contributed by atoms with Crippen LogP contribution in [0.3, 0.4) is 0 Å². The van der Waals surface area contributed by atoms with Gasteiger partial charge in [0.25, 0.3) is 0 Å². The fraction of sp³-hybridized carbons (Fsp3) is 0.353. The number of benzene rings is 1.